The number of rotatable bonds is 5. The van der Waals surface area contributed by atoms with Gasteiger partial charge in [0.05, 0.1) is 13.7 Å². The van der Waals surface area contributed by atoms with Crippen LogP contribution in [-0.4, -0.2) is 19.6 Å². The Labute approximate surface area is 95.3 Å². The van der Waals surface area contributed by atoms with Crippen LogP contribution in [0.1, 0.15) is 18.1 Å². The molecule has 0 saturated carbocycles. The molecule has 1 aromatic rings. The highest BCUT2D eigenvalue weighted by molar-refractivity contribution is 5.71. The van der Waals surface area contributed by atoms with E-state index in [2.05, 4.69) is 0 Å². The van der Waals surface area contributed by atoms with Crippen LogP contribution in [0.4, 0.5) is 0 Å². The van der Waals surface area contributed by atoms with Crippen molar-refractivity contribution in [3.05, 3.63) is 29.3 Å². The van der Waals surface area contributed by atoms with Crippen molar-refractivity contribution in [1.29, 1.82) is 0 Å². The maximum Gasteiger partial charge on any atom is 0.320 e. The maximum atomic E-state index is 10.9. The van der Waals surface area contributed by atoms with Gasteiger partial charge in [0.1, 0.15) is 12.4 Å². The van der Waals surface area contributed by atoms with Gasteiger partial charge >= 0.3 is 5.97 Å². The first-order chi connectivity index (χ1) is 7.71. The first-order valence-corrected chi connectivity index (χ1v) is 5.22. The largest absolute Gasteiger partial charge is 0.497 e. The Kier molecular flexibility index (Phi) is 4.79. The molecule has 0 bridgehead atoms. The molecule has 0 saturated heterocycles. The second-order valence-electron chi connectivity index (χ2n) is 3.35. The van der Waals surface area contributed by atoms with Gasteiger partial charge in [-0.05, 0) is 29.7 Å². The molecule has 0 spiro atoms. The molecule has 0 atom stereocenters. The van der Waals surface area contributed by atoms with Gasteiger partial charge in [-0.15, -0.1) is 0 Å². The number of carbonyl (C=O) groups excluding carboxylic acids is 1. The van der Waals surface area contributed by atoms with Crippen molar-refractivity contribution in [2.24, 2.45) is 5.73 Å². The average molecular weight is 223 g/mol. The quantitative estimate of drug-likeness (QED) is 0.763. The van der Waals surface area contributed by atoms with Gasteiger partial charge in [-0.1, -0.05) is 13.0 Å². The molecular weight excluding hydrogens is 206 g/mol. The van der Waals surface area contributed by atoms with Gasteiger partial charge in [-0.3, -0.25) is 4.79 Å². The van der Waals surface area contributed by atoms with E-state index in [0.29, 0.717) is 0 Å². The summed E-state index contributed by atoms with van der Waals surface area (Å²) in [4.78, 5) is 10.9. The molecule has 4 nitrogen and oxygen atoms in total. The minimum atomic E-state index is -0.391. The van der Waals surface area contributed by atoms with Crippen LogP contribution in [0.25, 0.3) is 0 Å². The van der Waals surface area contributed by atoms with E-state index in [0.717, 1.165) is 23.3 Å². The van der Waals surface area contributed by atoms with Gasteiger partial charge in [0.15, 0.2) is 0 Å². The minimum absolute atomic E-state index is 0.0857. The maximum absolute atomic E-state index is 10.9. The highest BCUT2D eigenvalue weighted by Gasteiger charge is 2.05. The Morgan fingerprint density at radius 2 is 2.12 bits per heavy atom. The molecular formula is C12H17NO3. The van der Waals surface area contributed by atoms with E-state index in [1.54, 1.807) is 7.11 Å². The number of nitrogens with two attached hydrogens (primary N) is 1. The summed E-state index contributed by atoms with van der Waals surface area (Å²) in [5.41, 5.74) is 7.26. The van der Waals surface area contributed by atoms with Gasteiger partial charge in [-0.25, -0.2) is 0 Å². The lowest BCUT2D eigenvalue weighted by atomic mass is 10.1. The summed E-state index contributed by atoms with van der Waals surface area (Å²) in [6, 6.07) is 5.71. The fourth-order valence-electron chi connectivity index (χ4n) is 1.42. The van der Waals surface area contributed by atoms with Crippen molar-refractivity contribution in [2.45, 2.75) is 20.0 Å². The van der Waals surface area contributed by atoms with E-state index in [1.165, 1.54) is 0 Å². The van der Waals surface area contributed by atoms with Gasteiger partial charge in [0, 0.05) is 0 Å². The van der Waals surface area contributed by atoms with Gasteiger partial charge in [0.2, 0.25) is 0 Å². The third-order valence-electron chi connectivity index (χ3n) is 2.35. The Morgan fingerprint density at radius 3 is 2.69 bits per heavy atom. The van der Waals surface area contributed by atoms with Gasteiger partial charge in [0.25, 0.3) is 0 Å². The molecule has 16 heavy (non-hydrogen) atoms. The minimum Gasteiger partial charge on any atom is -0.497 e. The number of aryl methyl sites for hydroxylation is 1. The molecule has 0 unspecified atom stereocenters. The number of benzene rings is 1. The molecule has 0 fully saturated rings. The molecule has 1 rings (SSSR count). The SMILES string of the molecule is CCc1cc(OC)ccc1COC(=O)CN. The van der Waals surface area contributed by atoms with Crippen LogP contribution >= 0.6 is 0 Å². The standard InChI is InChI=1S/C12H17NO3/c1-3-9-6-11(15-2)5-4-10(9)8-16-12(14)7-13/h4-6H,3,7-8,13H2,1-2H3. The number of carbonyl (C=O) groups is 1. The number of methoxy groups -OCH3 is 1. The molecule has 2 N–H and O–H groups in total. The molecule has 0 aliphatic carbocycles. The van der Waals surface area contributed by atoms with Crippen molar-refractivity contribution < 1.29 is 14.3 Å². The Balaban J connectivity index is 2.75. The van der Waals surface area contributed by atoms with Crippen LogP contribution in [0, 0.1) is 0 Å². The molecule has 0 aromatic heterocycles. The molecule has 88 valence electrons. The van der Waals surface area contributed by atoms with Crippen LogP contribution in [0.3, 0.4) is 0 Å². The smallest absolute Gasteiger partial charge is 0.320 e. The zero-order valence-corrected chi connectivity index (χ0v) is 9.66. The van der Waals surface area contributed by atoms with E-state index in [1.807, 2.05) is 25.1 Å². The summed E-state index contributed by atoms with van der Waals surface area (Å²) in [5.74, 6) is 0.420. The van der Waals surface area contributed by atoms with E-state index in [-0.39, 0.29) is 13.2 Å². The summed E-state index contributed by atoms with van der Waals surface area (Å²) in [6.07, 6.45) is 0.868. The molecule has 0 aliphatic rings. The predicted molar refractivity (Wildman–Crippen MR) is 61.2 cm³/mol. The molecule has 4 heteroatoms. The monoisotopic (exact) mass is 223 g/mol. The lowest BCUT2D eigenvalue weighted by Gasteiger charge is -2.10. The van der Waals surface area contributed by atoms with Crippen LogP contribution in [0.2, 0.25) is 0 Å². The number of esters is 1. The highest BCUT2D eigenvalue weighted by atomic mass is 16.5. The number of hydrogen-bond acceptors (Lipinski definition) is 4. The van der Waals surface area contributed by atoms with Crippen LogP contribution in [0.5, 0.6) is 5.75 Å². The van der Waals surface area contributed by atoms with Gasteiger partial charge in [-0.2, -0.15) is 0 Å². The zero-order valence-electron chi connectivity index (χ0n) is 9.66. The molecule has 0 heterocycles. The van der Waals surface area contributed by atoms with E-state index >= 15 is 0 Å². The Morgan fingerprint density at radius 1 is 1.38 bits per heavy atom. The molecule has 0 aliphatic heterocycles. The summed E-state index contributed by atoms with van der Waals surface area (Å²) >= 11 is 0. The van der Waals surface area contributed by atoms with E-state index in [4.69, 9.17) is 15.2 Å². The Hall–Kier alpha value is -1.55. The fraction of sp³-hybridized carbons (Fsp3) is 0.417. The molecule has 0 amide bonds. The highest BCUT2D eigenvalue weighted by Crippen LogP contribution is 2.19. The second kappa shape index (κ2) is 6.12. The lowest BCUT2D eigenvalue weighted by molar-refractivity contribution is -0.143. The van der Waals surface area contributed by atoms with Crippen LogP contribution < -0.4 is 10.5 Å². The van der Waals surface area contributed by atoms with Crippen LogP contribution in [-0.2, 0) is 22.6 Å². The van der Waals surface area contributed by atoms with Crippen LogP contribution in [0.15, 0.2) is 18.2 Å². The normalized spacial score (nSPS) is 9.94. The van der Waals surface area contributed by atoms with Crippen molar-refractivity contribution >= 4 is 5.97 Å². The molecule has 0 radical (unpaired) electrons. The Bertz CT molecular complexity index is 363. The first kappa shape index (κ1) is 12.5. The summed E-state index contributed by atoms with van der Waals surface area (Å²) in [5, 5.41) is 0. The summed E-state index contributed by atoms with van der Waals surface area (Å²) in [7, 11) is 1.63. The molecule has 1 aromatic carbocycles. The number of ether oxygens (including phenoxy) is 2. The fourth-order valence-corrected chi connectivity index (χ4v) is 1.42. The first-order valence-electron chi connectivity index (χ1n) is 5.22. The van der Waals surface area contributed by atoms with Crippen molar-refractivity contribution in [3.8, 4) is 5.75 Å². The lowest BCUT2D eigenvalue weighted by Crippen LogP contribution is -2.16. The van der Waals surface area contributed by atoms with Crippen molar-refractivity contribution in [2.75, 3.05) is 13.7 Å². The third-order valence-corrected chi connectivity index (χ3v) is 2.35. The third kappa shape index (κ3) is 3.24. The van der Waals surface area contributed by atoms with E-state index in [9.17, 15) is 4.79 Å². The average Bonchev–Trinajstić information content (AvgIpc) is 2.35. The second-order valence-corrected chi connectivity index (χ2v) is 3.35. The topological polar surface area (TPSA) is 61.5 Å². The summed E-state index contributed by atoms with van der Waals surface area (Å²) in [6.45, 7) is 2.23. The van der Waals surface area contributed by atoms with E-state index < -0.39 is 5.97 Å². The van der Waals surface area contributed by atoms with Crippen molar-refractivity contribution in [3.63, 3.8) is 0 Å². The number of hydrogen-bond donors (Lipinski definition) is 1. The zero-order chi connectivity index (χ0) is 12.0. The summed E-state index contributed by atoms with van der Waals surface area (Å²) < 4.78 is 10.1. The van der Waals surface area contributed by atoms with Crippen molar-refractivity contribution in [1.82, 2.24) is 0 Å². The predicted octanol–water partition coefficient (Wildman–Crippen LogP) is 1.26. The van der Waals surface area contributed by atoms with Gasteiger partial charge < -0.3 is 15.2 Å².